The van der Waals surface area contributed by atoms with Gasteiger partial charge < -0.3 is 15.0 Å². The van der Waals surface area contributed by atoms with Crippen molar-refractivity contribution in [1.29, 1.82) is 0 Å². The molecular weight excluding hydrogens is 196 g/mol. The lowest BCUT2D eigenvalue weighted by Gasteiger charge is -2.14. The average Bonchev–Trinajstić information content (AvgIpc) is 2.60. The number of carbonyl (C=O) groups is 2. The van der Waals surface area contributed by atoms with Gasteiger partial charge in [-0.25, -0.2) is 0 Å². The fraction of sp³-hybridized carbons (Fsp3) is 0.800. The zero-order valence-electron chi connectivity index (χ0n) is 9.28. The fourth-order valence-corrected chi connectivity index (χ4v) is 1.67. The van der Waals surface area contributed by atoms with Crippen LogP contribution >= 0.6 is 0 Å². The lowest BCUT2D eigenvalue weighted by atomic mass is 10.3. The lowest BCUT2D eigenvalue weighted by molar-refractivity contribution is -0.140. The first-order valence-electron chi connectivity index (χ1n) is 5.22. The Hall–Kier alpha value is -1.10. The van der Waals surface area contributed by atoms with E-state index in [9.17, 15) is 9.59 Å². The maximum Gasteiger partial charge on any atom is 0.302 e. The van der Waals surface area contributed by atoms with Gasteiger partial charge in [-0.2, -0.15) is 0 Å². The second kappa shape index (κ2) is 5.70. The minimum atomic E-state index is -0.256. The van der Waals surface area contributed by atoms with Crippen molar-refractivity contribution in [3.63, 3.8) is 0 Å². The molecule has 0 saturated carbocycles. The van der Waals surface area contributed by atoms with Crippen molar-refractivity contribution in [3.05, 3.63) is 0 Å². The lowest BCUT2D eigenvalue weighted by Crippen LogP contribution is -2.36. The SMILES string of the molecule is CC(=O)OCCN[C@H]1CCN(C(C)=O)C1. The molecule has 15 heavy (non-hydrogen) atoms. The van der Waals surface area contributed by atoms with Crippen LogP contribution in [0.1, 0.15) is 20.3 Å². The molecule has 1 amide bonds. The van der Waals surface area contributed by atoms with E-state index in [2.05, 4.69) is 5.32 Å². The summed E-state index contributed by atoms with van der Waals surface area (Å²) in [4.78, 5) is 23.3. The summed E-state index contributed by atoms with van der Waals surface area (Å²) < 4.78 is 4.79. The number of carbonyl (C=O) groups excluding carboxylic acids is 2. The topological polar surface area (TPSA) is 58.6 Å². The molecule has 0 unspecified atom stereocenters. The van der Waals surface area contributed by atoms with Crippen LogP contribution in [0, 0.1) is 0 Å². The van der Waals surface area contributed by atoms with E-state index in [1.807, 2.05) is 4.90 Å². The molecule has 1 aliphatic heterocycles. The van der Waals surface area contributed by atoms with Crippen molar-refractivity contribution in [3.8, 4) is 0 Å². The molecule has 0 aromatic heterocycles. The summed E-state index contributed by atoms with van der Waals surface area (Å²) in [6.45, 7) is 5.60. The van der Waals surface area contributed by atoms with Crippen molar-refractivity contribution in [2.45, 2.75) is 26.3 Å². The normalized spacial score (nSPS) is 20.4. The van der Waals surface area contributed by atoms with Gasteiger partial charge in [0.15, 0.2) is 0 Å². The van der Waals surface area contributed by atoms with Crippen molar-refractivity contribution in [2.75, 3.05) is 26.2 Å². The monoisotopic (exact) mass is 214 g/mol. The van der Waals surface area contributed by atoms with Crippen molar-refractivity contribution in [2.24, 2.45) is 0 Å². The van der Waals surface area contributed by atoms with Crippen LogP contribution in [0.4, 0.5) is 0 Å². The Balaban J connectivity index is 2.09. The van der Waals surface area contributed by atoms with E-state index in [4.69, 9.17) is 4.74 Å². The Kier molecular flexibility index (Phi) is 4.55. The van der Waals surface area contributed by atoms with Gasteiger partial charge in [0.25, 0.3) is 0 Å². The number of nitrogens with one attached hydrogen (secondary N) is 1. The first kappa shape index (κ1) is 12.0. The van der Waals surface area contributed by atoms with Gasteiger partial charge in [-0.3, -0.25) is 9.59 Å². The summed E-state index contributed by atoms with van der Waals surface area (Å²) >= 11 is 0. The maximum absolute atomic E-state index is 11.0. The molecule has 1 aliphatic rings. The molecule has 1 heterocycles. The number of nitrogens with zero attached hydrogens (tertiary/aromatic N) is 1. The molecule has 0 bridgehead atoms. The zero-order chi connectivity index (χ0) is 11.3. The minimum Gasteiger partial charge on any atom is -0.465 e. The summed E-state index contributed by atoms with van der Waals surface area (Å²) in [6, 6.07) is 0.337. The Labute approximate surface area is 89.8 Å². The number of ether oxygens (including phenoxy) is 1. The van der Waals surface area contributed by atoms with E-state index < -0.39 is 0 Å². The van der Waals surface area contributed by atoms with Gasteiger partial charge in [0, 0.05) is 39.5 Å². The Morgan fingerprint density at radius 2 is 2.20 bits per heavy atom. The van der Waals surface area contributed by atoms with Gasteiger partial charge in [0.1, 0.15) is 6.61 Å². The second-order valence-electron chi connectivity index (χ2n) is 3.74. The molecule has 86 valence electrons. The summed E-state index contributed by atoms with van der Waals surface area (Å²) in [5.74, 6) is -0.132. The quantitative estimate of drug-likeness (QED) is 0.518. The van der Waals surface area contributed by atoms with E-state index in [1.54, 1.807) is 6.92 Å². The van der Waals surface area contributed by atoms with Crippen LogP contribution in [0.3, 0.4) is 0 Å². The van der Waals surface area contributed by atoms with Crippen LogP contribution in [0.15, 0.2) is 0 Å². The van der Waals surface area contributed by atoms with Crippen molar-refractivity contribution >= 4 is 11.9 Å². The van der Waals surface area contributed by atoms with Gasteiger partial charge in [-0.05, 0) is 6.42 Å². The molecule has 5 heteroatoms. The maximum atomic E-state index is 11.0. The third-order valence-electron chi connectivity index (χ3n) is 2.47. The van der Waals surface area contributed by atoms with Gasteiger partial charge in [-0.1, -0.05) is 0 Å². The van der Waals surface area contributed by atoms with Gasteiger partial charge in [0.2, 0.25) is 5.91 Å². The van der Waals surface area contributed by atoms with Crippen molar-refractivity contribution in [1.82, 2.24) is 10.2 Å². The Morgan fingerprint density at radius 3 is 2.73 bits per heavy atom. The summed E-state index contributed by atoms with van der Waals surface area (Å²) in [5, 5.41) is 3.25. The molecule has 1 N–H and O–H groups in total. The predicted octanol–water partition coefficient (Wildman–Crippen LogP) is -0.240. The summed E-state index contributed by atoms with van der Waals surface area (Å²) in [5.41, 5.74) is 0. The first-order valence-corrected chi connectivity index (χ1v) is 5.22. The van der Waals surface area contributed by atoms with Crippen molar-refractivity contribution < 1.29 is 14.3 Å². The fourth-order valence-electron chi connectivity index (χ4n) is 1.67. The number of rotatable bonds is 4. The van der Waals surface area contributed by atoms with Crippen LogP contribution in [-0.2, 0) is 14.3 Å². The van der Waals surface area contributed by atoms with E-state index in [1.165, 1.54) is 6.92 Å². The standard InChI is InChI=1S/C10H18N2O3/c1-8(13)12-5-3-10(7-12)11-4-6-15-9(2)14/h10-11H,3-7H2,1-2H3/t10-/m0/s1. The van der Waals surface area contributed by atoms with Crippen LogP contribution in [0.5, 0.6) is 0 Å². The molecule has 0 aromatic rings. The third kappa shape index (κ3) is 4.29. The molecule has 0 radical (unpaired) electrons. The largest absolute Gasteiger partial charge is 0.465 e. The van der Waals surface area contributed by atoms with Crippen LogP contribution < -0.4 is 5.32 Å². The first-order chi connectivity index (χ1) is 7.09. The molecule has 0 spiro atoms. The van der Waals surface area contributed by atoms with E-state index >= 15 is 0 Å². The van der Waals surface area contributed by atoms with Crippen LogP contribution in [0.25, 0.3) is 0 Å². The number of likely N-dealkylation sites (tertiary alicyclic amines) is 1. The van der Waals surface area contributed by atoms with E-state index in [0.717, 1.165) is 19.5 Å². The highest BCUT2D eigenvalue weighted by atomic mass is 16.5. The molecule has 1 fully saturated rings. The molecule has 1 saturated heterocycles. The highest BCUT2D eigenvalue weighted by Gasteiger charge is 2.23. The number of esters is 1. The Bertz CT molecular complexity index is 243. The van der Waals surface area contributed by atoms with Crippen LogP contribution in [0.2, 0.25) is 0 Å². The second-order valence-corrected chi connectivity index (χ2v) is 3.74. The summed E-state index contributed by atoms with van der Waals surface area (Å²) in [6.07, 6.45) is 0.972. The Morgan fingerprint density at radius 1 is 1.47 bits per heavy atom. The number of hydrogen-bond acceptors (Lipinski definition) is 4. The van der Waals surface area contributed by atoms with Gasteiger partial charge >= 0.3 is 5.97 Å². The average molecular weight is 214 g/mol. The highest BCUT2D eigenvalue weighted by Crippen LogP contribution is 2.08. The zero-order valence-corrected chi connectivity index (χ0v) is 9.28. The van der Waals surface area contributed by atoms with Gasteiger partial charge in [0.05, 0.1) is 0 Å². The smallest absolute Gasteiger partial charge is 0.302 e. The molecule has 0 aliphatic carbocycles. The minimum absolute atomic E-state index is 0.124. The number of amides is 1. The highest BCUT2D eigenvalue weighted by molar-refractivity contribution is 5.73. The molecule has 1 atom stereocenters. The van der Waals surface area contributed by atoms with E-state index in [0.29, 0.717) is 19.2 Å². The molecular formula is C10H18N2O3. The molecule has 1 rings (SSSR count). The molecule has 5 nitrogen and oxygen atoms in total. The molecule has 0 aromatic carbocycles. The third-order valence-corrected chi connectivity index (χ3v) is 2.47. The number of hydrogen-bond donors (Lipinski definition) is 1. The van der Waals surface area contributed by atoms with E-state index in [-0.39, 0.29) is 11.9 Å². The van der Waals surface area contributed by atoms with Crippen LogP contribution in [-0.4, -0.2) is 49.1 Å². The summed E-state index contributed by atoms with van der Waals surface area (Å²) in [7, 11) is 0. The predicted molar refractivity (Wildman–Crippen MR) is 55.3 cm³/mol. The van der Waals surface area contributed by atoms with Gasteiger partial charge in [-0.15, -0.1) is 0 Å².